The van der Waals surface area contributed by atoms with E-state index >= 15 is 0 Å². The molecule has 2 N–H and O–H groups in total. The number of hydrogen-bond donors (Lipinski definition) is 2. The average molecular weight is 386 g/mol. The van der Waals surface area contributed by atoms with Crippen LogP contribution in [0.15, 0.2) is 24.3 Å². The third-order valence-corrected chi connectivity index (χ3v) is 4.30. The Bertz CT molecular complexity index is 824. The lowest BCUT2D eigenvalue weighted by Crippen LogP contribution is -2.40. The second kappa shape index (κ2) is 6.98. The molecular weight excluding hydrogens is 372 g/mol. The van der Waals surface area contributed by atoms with E-state index in [9.17, 15) is 14.3 Å². The average Bonchev–Trinajstić information content (AvgIpc) is 2.57. The molecule has 0 aromatic heterocycles. The van der Waals surface area contributed by atoms with Gasteiger partial charge < -0.3 is 19.9 Å². The number of ether oxygens (including phenoxy) is 2. The van der Waals surface area contributed by atoms with E-state index in [0.29, 0.717) is 15.6 Å². The zero-order chi connectivity index (χ0) is 18.1. The summed E-state index contributed by atoms with van der Waals surface area (Å²) < 4.78 is 25.4. The summed E-state index contributed by atoms with van der Waals surface area (Å²) in [5.41, 5.74) is 0.623. The van der Waals surface area contributed by atoms with Crippen molar-refractivity contribution in [2.75, 3.05) is 13.2 Å². The van der Waals surface area contributed by atoms with Crippen molar-refractivity contribution in [3.63, 3.8) is 0 Å². The van der Waals surface area contributed by atoms with Gasteiger partial charge >= 0.3 is 0 Å². The Hall–Kier alpha value is -2.18. The highest BCUT2D eigenvalue weighted by atomic mass is 35.5. The van der Waals surface area contributed by atoms with E-state index in [1.165, 1.54) is 6.92 Å². The van der Waals surface area contributed by atoms with E-state index in [1.807, 2.05) is 0 Å². The summed E-state index contributed by atoms with van der Waals surface area (Å²) in [6.07, 6.45) is -0.513. The summed E-state index contributed by atoms with van der Waals surface area (Å²) in [6, 6.07) is 5.97. The molecule has 1 aliphatic heterocycles. The van der Waals surface area contributed by atoms with Crippen molar-refractivity contribution in [2.24, 2.45) is 0 Å². The number of phenols is 1. The van der Waals surface area contributed by atoms with Gasteiger partial charge in [0.05, 0.1) is 16.6 Å². The van der Waals surface area contributed by atoms with Gasteiger partial charge in [-0.15, -0.1) is 0 Å². The van der Waals surface area contributed by atoms with Crippen molar-refractivity contribution >= 4 is 29.1 Å². The molecule has 1 aliphatic rings. The Kier molecular flexibility index (Phi) is 4.92. The van der Waals surface area contributed by atoms with Gasteiger partial charge in [0.2, 0.25) is 11.7 Å². The standard InChI is InChI=1S/C17H14Cl2FNO4/c1-8(22)21-6-9-7-24-17-15(23)13(20)5-10(16(17)25-9)14-11(18)3-2-4-12(14)19/h2-5,9,23H,6-7H2,1H3,(H,21,22)/t9-/m0/s1. The molecular formula is C17H14Cl2FNO4. The number of hydrogen-bond acceptors (Lipinski definition) is 4. The molecule has 1 atom stereocenters. The highest BCUT2D eigenvalue weighted by Gasteiger charge is 2.30. The minimum absolute atomic E-state index is 0.0417. The highest BCUT2D eigenvalue weighted by molar-refractivity contribution is 6.39. The van der Waals surface area contributed by atoms with E-state index in [-0.39, 0.29) is 36.1 Å². The molecule has 0 unspecified atom stereocenters. The molecule has 2 aromatic carbocycles. The van der Waals surface area contributed by atoms with Gasteiger partial charge in [-0.1, -0.05) is 29.3 Å². The fourth-order valence-electron chi connectivity index (χ4n) is 2.53. The van der Waals surface area contributed by atoms with Gasteiger partial charge in [-0.05, 0) is 18.2 Å². The first-order valence-corrected chi connectivity index (χ1v) is 8.17. The van der Waals surface area contributed by atoms with Crippen LogP contribution >= 0.6 is 23.2 Å². The maximum absolute atomic E-state index is 14.1. The number of amides is 1. The molecule has 5 nitrogen and oxygen atoms in total. The van der Waals surface area contributed by atoms with E-state index in [0.717, 1.165) is 6.07 Å². The molecule has 3 rings (SSSR count). The number of phenolic OH excluding ortho intramolecular Hbond substituents is 1. The first-order valence-electron chi connectivity index (χ1n) is 7.42. The third kappa shape index (κ3) is 3.45. The number of carbonyl (C=O) groups is 1. The van der Waals surface area contributed by atoms with Crippen LogP contribution in [0.25, 0.3) is 11.1 Å². The number of benzene rings is 2. The number of halogens is 3. The van der Waals surface area contributed by atoms with E-state index in [1.54, 1.807) is 18.2 Å². The molecule has 0 saturated carbocycles. The molecule has 0 fully saturated rings. The normalized spacial score (nSPS) is 15.8. The molecule has 0 bridgehead atoms. The zero-order valence-corrected chi connectivity index (χ0v) is 14.6. The number of rotatable bonds is 3. The SMILES string of the molecule is CC(=O)NC[C@H]1COc2c(O)c(F)cc(-c3c(Cl)cccc3Cl)c2O1. The van der Waals surface area contributed by atoms with Gasteiger partial charge in [0.1, 0.15) is 12.7 Å². The minimum Gasteiger partial charge on any atom is -0.502 e. The molecule has 0 radical (unpaired) electrons. The van der Waals surface area contributed by atoms with Crippen LogP contribution in [-0.4, -0.2) is 30.3 Å². The van der Waals surface area contributed by atoms with E-state index in [4.69, 9.17) is 32.7 Å². The van der Waals surface area contributed by atoms with E-state index in [2.05, 4.69) is 5.32 Å². The predicted molar refractivity (Wildman–Crippen MR) is 92.1 cm³/mol. The first kappa shape index (κ1) is 17.6. The van der Waals surface area contributed by atoms with Gasteiger partial charge in [-0.3, -0.25) is 4.79 Å². The van der Waals surface area contributed by atoms with Crippen LogP contribution in [-0.2, 0) is 4.79 Å². The lowest BCUT2D eigenvalue weighted by molar-refractivity contribution is -0.119. The summed E-state index contributed by atoms with van der Waals surface area (Å²) >= 11 is 12.4. The lowest BCUT2D eigenvalue weighted by Gasteiger charge is -2.29. The monoisotopic (exact) mass is 385 g/mol. The second-order valence-electron chi connectivity index (χ2n) is 5.50. The number of nitrogens with one attached hydrogen (secondary N) is 1. The molecule has 1 amide bonds. The molecule has 1 heterocycles. The summed E-state index contributed by atoms with van der Waals surface area (Å²) in [7, 11) is 0. The Labute approximate surface area is 153 Å². The van der Waals surface area contributed by atoms with Gasteiger partial charge in [0, 0.05) is 18.1 Å². The zero-order valence-electron chi connectivity index (χ0n) is 13.1. The lowest BCUT2D eigenvalue weighted by atomic mass is 10.0. The van der Waals surface area contributed by atoms with Gasteiger partial charge in [-0.25, -0.2) is 4.39 Å². The smallest absolute Gasteiger partial charge is 0.217 e. The Balaban J connectivity index is 2.09. The van der Waals surface area contributed by atoms with Crippen molar-refractivity contribution in [1.82, 2.24) is 5.32 Å². The summed E-state index contributed by atoms with van der Waals surface area (Å²) in [5.74, 6) is -1.75. The van der Waals surface area contributed by atoms with Crippen LogP contribution in [0.1, 0.15) is 6.92 Å². The van der Waals surface area contributed by atoms with Crippen LogP contribution in [0.5, 0.6) is 17.2 Å². The molecule has 0 aliphatic carbocycles. The first-order chi connectivity index (χ1) is 11.9. The van der Waals surface area contributed by atoms with Crippen molar-refractivity contribution in [2.45, 2.75) is 13.0 Å². The van der Waals surface area contributed by atoms with Crippen molar-refractivity contribution in [1.29, 1.82) is 0 Å². The number of carbonyl (C=O) groups excluding carboxylic acids is 1. The molecule has 25 heavy (non-hydrogen) atoms. The Morgan fingerprint density at radius 3 is 2.68 bits per heavy atom. The summed E-state index contributed by atoms with van der Waals surface area (Å²) in [6.45, 7) is 1.62. The fraction of sp³-hybridized carbons (Fsp3) is 0.235. The highest BCUT2D eigenvalue weighted by Crippen LogP contribution is 2.50. The van der Waals surface area contributed by atoms with Crippen molar-refractivity contribution < 1.29 is 23.8 Å². The fourth-order valence-corrected chi connectivity index (χ4v) is 3.13. The van der Waals surface area contributed by atoms with Crippen molar-refractivity contribution in [3.8, 4) is 28.4 Å². The molecule has 132 valence electrons. The number of aromatic hydroxyl groups is 1. The topological polar surface area (TPSA) is 67.8 Å². The predicted octanol–water partition coefficient (Wildman–Crippen LogP) is 3.78. The van der Waals surface area contributed by atoms with Crippen molar-refractivity contribution in [3.05, 3.63) is 40.1 Å². The summed E-state index contributed by atoms with van der Waals surface area (Å²) in [5, 5.41) is 13.2. The molecule has 0 saturated heterocycles. The molecule has 2 aromatic rings. The van der Waals surface area contributed by atoms with Gasteiger partial charge in [0.15, 0.2) is 17.3 Å². The minimum atomic E-state index is -0.881. The Morgan fingerprint density at radius 2 is 2.04 bits per heavy atom. The number of fused-ring (bicyclic) bond motifs is 1. The van der Waals surface area contributed by atoms with E-state index < -0.39 is 17.7 Å². The molecule has 8 heteroatoms. The molecule has 0 spiro atoms. The van der Waals surface area contributed by atoms with Crippen LogP contribution in [0.2, 0.25) is 10.0 Å². The second-order valence-corrected chi connectivity index (χ2v) is 6.31. The van der Waals surface area contributed by atoms with Crippen LogP contribution in [0.3, 0.4) is 0 Å². The quantitative estimate of drug-likeness (QED) is 0.843. The maximum Gasteiger partial charge on any atom is 0.217 e. The largest absolute Gasteiger partial charge is 0.502 e. The van der Waals surface area contributed by atoms with Crippen LogP contribution < -0.4 is 14.8 Å². The van der Waals surface area contributed by atoms with Crippen LogP contribution in [0.4, 0.5) is 4.39 Å². The third-order valence-electron chi connectivity index (χ3n) is 3.67. The maximum atomic E-state index is 14.1. The van der Waals surface area contributed by atoms with Crippen LogP contribution in [0, 0.1) is 5.82 Å². The van der Waals surface area contributed by atoms with Gasteiger partial charge in [0.25, 0.3) is 0 Å². The van der Waals surface area contributed by atoms with Gasteiger partial charge in [-0.2, -0.15) is 0 Å². The Morgan fingerprint density at radius 1 is 1.36 bits per heavy atom. The summed E-state index contributed by atoms with van der Waals surface area (Å²) in [4.78, 5) is 11.1.